The number of halogens is 1. The number of hydrogen-bond acceptors (Lipinski definition) is 3. The van der Waals surface area contributed by atoms with Gasteiger partial charge in [0, 0.05) is 50.6 Å². The molecule has 0 spiro atoms. The lowest BCUT2D eigenvalue weighted by Gasteiger charge is -2.40. The van der Waals surface area contributed by atoms with Crippen LogP contribution in [0.15, 0.2) is 18.2 Å². The molecule has 0 amide bonds. The minimum absolute atomic E-state index is 0. The van der Waals surface area contributed by atoms with E-state index in [0.29, 0.717) is 5.41 Å². The molecule has 0 N–H and O–H groups in total. The third-order valence-electron chi connectivity index (χ3n) is 8.05. The summed E-state index contributed by atoms with van der Waals surface area (Å²) in [4.78, 5) is 8.02. The van der Waals surface area contributed by atoms with Crippen molar-refractivity contribution in [2.45, 2.75) is 84.5 Å². The van der Waals surface area contributed by atoms with Gasteiger partial charge in [0.1, 0.15) is 0 Å². The van der Waals surface area contributed by atoms with Gasteiger partial charge in [-0.2, -0.15) is 0 Å². The van der Waals surface area contributed by atoms with Gasteiger partial charge in [0.05, 0.1) is 0 Å². The van der Waals surface area contributed by atoms with Crippen molar-refractivity contribution in [3.8, 4) is 0 Å². The first-order valence-corrected chi connectivity index (χ1v) is 12.9. The van der Waals surface area contributed by atoms with E-state index in [0.717, 1.165) is 5.92 Å². The topological polar surface area (TPSA) is 9.72 Å². The minimum Gasteiger partial charge on any atom is -0.372 e. The van der Waals surface area contributed by atoms with E-state index < -0.39 is 0 Å². The third-order valence-corrected chi connectivity index (χ3v) is 8.05. The maximum absolute atomic E-state index is 2.71. The summed E-state index contributed by atoms with van der Waals surface area (Å²) in [5.41, 5.74) is 5.23. The fourth-order valence-corrected chi connectivity index (χ4v) is 5.81. The minimum atomic E-state index is 0. The molecule has 3 nitrogen and oxygen atoms in total. The highest BCUT2D eigenvalue weighted by molar-refractivity contribution is 5.85. The van der Waals surface area contributed by atoms with Gasteiger partial charge in [0.25, 0.3) is 0 Å². The zero-order valence-corrected chi connectivity index (χ0v) is 21.2. The van der Waals surface area contributed by atoms with E-state index in [1.165, 1.54) is 109 Å². The van der Waals surface area contributed by atoms with Crippen LogP contribution in [-0.4, -0.2) is 50.7 Å². The smallest absolute Gasteiger partial charge is 0.0404 e. The summed E-state index contributed by atoms with van der Waals surface area (Å²) >= 11 is 0. The normalized spacial score (nSPS) is 22.9. The molecular weight excluding hydrogens is 402 g/mol. The molecule has 0 unspecified atom stereocenters. The number of hydrogen-bond donors (Lipinski definition) is 0. The van der Waals surface area contributed by atoms with Gasteiger partial charge in [-0.1, -0.05) is 27.2 Å². The maximum atomic E-state index is 2.71. The van der Waals surface area contributed by atoms with E-state index in [9.17, 15) is 0 Å². The predicted molar refractivity (Wildman–Crippen MR) is 138 cm³/mol. The molecule has 1 aliphatic carbocycles. The van der Waals surface area contributed by atoms with Crippen LogP contribution < -0.4 is 9.80 Å². The standard InChI is InChI=1S/C27H45N3.ClH/c1-4-5-15-28-18-20-30(21-19-28)26-10-9-24(29-16-7-6-8-17-29)22-25(26)23-11-13-27(2,3)14-12-23;/h9-10,22-23H,4-8,11-21H2,1-3H3;1H. The summed E-state index contributed by atoms with van der Waals surface area (Å²) in [7, 11) is 0. The van der Waals surface area contributed by atoms with Crippen molar-refractivity contribution in [2.24, 2.45) is 5.41 Å². The van der Waals surface area contributed by atoms with Crippen molar-refractivity contribution in [2.75, 3.05) is 55.6 Å². The zero-order valence-electron chi connectivity index (χ0n) is 20.4. The molecule has 4 rings (SSSR count). The van der Waals surface area contributed by atoms with Gasteiger partial charge in [0.2, 0.25) is 0 Å². The monoisotopic (exact) mass is 447 g/mol. The van der Waals surface area contributed by atoms with E-state index in [4.69, 9.17) is 0 Å². The maximum Gasteiger partial charge on any atom is 0.0404 e. The Balaban J connectivity index is 0.00000272. The fourth-order valence-electron chi connectivity index (χ4n) is 5.81. The Labute approximate surface area is 198 Å². The Kier molecular flexibility index (Phi) is 8.99. The average Bonchev–Trinajstić information content (AvgIpc) is 2.78. The number of nitrogens with zero attached hydrogens (tertiary/aromatic N) is 3. The van der Waals surface area contributed by atoms with Crippen molar-refractivity contribution in [3.63, 3.8) is 0 Å². The van der Waals surface area contributed by atoms with Crippen molar-refractivity contribution >= 4 is 23.8 Å². The van der Waals surface area contributed by atoms with Gasteiger partial charge in [-0.05, 0) is 93.0 Å². The molecule has 0 atom stereocenters. The highest BCUT2D eigenvalue weighted by Gasteiger charge is 2.30. The molecule has 1 aromatic carbocycles. The molecule has 3 aliphatic rings. The number of unbranched alkanes of at least 4 members (excludes halogenated alkanes) is 1. The number of piperazine rings is 1. The second kappa shape index (κ2) is 11.3. The van der Waals surface area contributed by atoms with Gasteiger partial charge >= 0.3 is 0 Å². The van der Waals surface area contributed by atoms with Crippen LogP contribution in [0.25, 0.3) is 0 Å². The van der Waals surface area contributed by atoms with Gasteiger partial charge in [-0.3, -0.25) is 4.90 Å². The molecule has 2 aliphatic heterocycles. The van der Waals surface area contributed by atoms with Crippen LogP contribution in [0.4, 0.5) is 11.4 Å². The van der Waals surface area contributed by atoms with Crippen molar-refractivity contribution in [3.05, 3.63) is 23.8 Å². The molecule has 3 fully saturated rings. The van der Waals surface area contributed by atoms with Gasteiger partial charge in [0.15, 0.2) is 0 Å². The Bertz CT molecular complexity index is 665. The molecular formula is C27H46ClN3. The van der Waals surface area contributed by atoms with E-state index in [1.807, 2.05) is 0 Å². The average molecular weight is 448 g/mol. The molecule has 176 valence electrons. The lowest BCUT2D eigenvalue weighted by atomic mass is 9.71. The van der Waals surface area contributed by atoms with E-state index in [-0.39, 0.29) is 12.4 Å². The lowest BCUT2D eigenvalue weighted by Crippen LogP contribution is -2.47. The summed E-state index contributed by atoms with van der Waals surface area (Å²) in [6.07, 6.45) is 12.2. The largest absolute Gasteiger partial charge is 0.372 e. The van der Waals surface area contributed by atoms with Crippen LogP contribution in [0.3, 0.4) is 0 Å². The van der Waals surface area contributed by atoms with Gasteiger partial charge in [-0.15, -0.1) is 12.4 Å². The summed E-state index contributed by atoms with van der Waals surface area (Å²) in [6, 6.07) is 7.52. The molecule has 4 heteroatoms. The van der Waals surface area contributed by atoms with E-state index in [2.05, 4.69) is 53.7 Å². The number of piperidine rings is 1. The number of rotatable bonds is 6. The Morgan fingerprint density at radius 3 is 2.19 bits per heavy atom. The molecule has 0 bridgehead atoms. The zero-order chi connectivity index (χ0) is 21.0. The second-order valence-corrected chi connectivity index (χ2v) is 10.9. The van der Waals surface area contributed by atoms with Crippen LogP contribution in [0.5, 0.6) is 0 Å². The van der Waals surface area contributed by atoms with Crippen LogP contribution in [0, 0.1) is 5.41 Å². The molecule has 0 radical (unpaired) electrons. The SMILES string of the molecule is CCCCN1CCN(c2ccc(N3CCCCC3)cc2C2CCC(C)(C)CC2)CC1.Cl. The Morgan fingerprint density at radius 1 is 0.871 bits per heavy atom. The highest BCUT2D eigenvalue weighted by Crippen LogP contribution is 2.45. The Morgan fingerprint density at radius 2 is 1.55 bits per heavy atom. The lowest BCUT2D eigenvalue weighted by molar-refractivity contribution is 0.224. The molecule has 2 saturated heterocycles. The van der Waals surface area contributed by atoms with Crippen LogP contribution in [0.1, 0.15) is 90.0 Å². The molecule has 1 aromatic rings. The van der Waals surface area contributed by atoms with Crippen LogP contribution >= 0.6 is 12.4 Å². The van der Waals surface area contributed by atoms with Crippen molar-refractivity contribution in [1.29, 1.82) is 0 Å². The van der Waals surface area contributed by atoms with Crippen LogP contribution in [-0.2, 0) is 0 Å². The molecule has 1 saturated carbocycles. The summed E-state index contributed by atoms with van der Waals surface area (Å²) < 4.78 is 0. The molecule has 2 heterocycles. The first-order chi connectivity index (χ1) is 14.6. The number of benzene rings is 1. The van der Waals surface area contributed by atoms with E-state index in [1.54, 1.807) is 11.3 Å². The Hall–Kier alpha value is -0.930. The second-order valence-electron chi connectivity index (χ2n) is 10.9. The van der Waals surface area contributed by atoms with Crippen LogP contribution in [0.2, 0.25) is 0 Å². The molecule has 31 heavy (non-hydrogen) atoms. The fraction of sp³-hybridized carbons (Fsp3) is 0.778. The van der Waals surface area contributed by atoms with Crippen molar-refractivity contribution in [1.82, 2.24) is 4.90 Å². The van der Waals surface area contributed by atoms with Crippen molar-refractivity contribution < 1.29 is 0 Å². The first kappa shape index (κ1) is 24.7. The summed E-state index contributed by atoms with van der Waals surface area (Å²) in [5, 5.41) is 0. The predicted octanol–water partition coefficient (Wildman–Crippen LogP) is 6.70. The number of anilines is 2. The van der Waals surface area contributed by atoms with E-state index >= 15 is 0 Å². The third kappa shape index (κ3) is 6.32. The van der Waals surface area contributed by atoms with Gasteiger partial charge in [-0.25, -0.2) is 0 Å². The van der Waals surface area contributed by atoms with Gasteiger partial charge < -0.3 is 9.80 Å². The quantitative estimate of drug-likeness (QED) is 0.480. The summed E-state index contributed by atoms with van der Waals surface area (Å²) in [5.74, 6) is 0.746. The molecule has 0 aromatic heterocycles. The first-order valence-electron chi connectivity index (χ1n) is 12.9. The summed E-state index contributed by atoms with van der Waals surface area (Å²) in [6.45, 7) is 15.8. The highest BCUT2D eigenvalue weighted by atomic mass is 35.5.